The average molecular weight is 337 g/mol. The molecule has 1 aliphatic carbocycles. The zero-order valence-corrected chi connectivity index (χ0v) is 13.9. The topological polar surface area (TPSA) is 92.5 Å². The van der Waals surface area contributed by atoms with Gasteiger partial charge in [-0.05, 0) is 49.8 Å². The summed E-state index contributed by atoms with van der Waals surface area (Å²) in [4.78, 5) is 12.2. The maximum atomic E-state index is 12.5. The van der Waals surface area contributed by atoms with Crippen LogP contribution in [0.25, 0.3) is 0 Å². The van der Waals surface area contributed by atoms with E-state index in [-0.39, 0.29) is 11.5 Å². The second-order valence-electron chi connectivity index (χ2n) is 6.44. The molecule has 1 aliphatic heterocycles. The number of nitrogen functional groups attached to an aromatic ring is 1. The highest BCUT2D eigenvalue weighted by molar-refractivity contribution is 7.90. The molecule has 7 heteroatoms. The second-order valence-corrected chi connectivity index (χ2v) is 8.11. The summed E-state index contributed by atoms with van der Waals surface area (Å²) in [5, 5.41) is 0. The van der Waals surface area contributed by atoms with Crippen LogP contribution in [0.4, 0.5) is 11.4 Å². The Labute approximate surface area is 137 Å². The van der Waals surface area contributed by atoms with Gasteiger partial charge < -0.3 is 5.73 Å². The summed E-state index contributed by atoms with van der Waals surface area (Å²) in [5.74, 6) is 0.541. The number of Topliss-reactive ketones (excluding diaryl/α,β-unsaturated/α-hetero) is 1. The lowest BCUT2D eigenvalue weighted by atomic mass is 10.0. The monoisotopic (exact) mass is 337 g/mol. The molecule has 0 bridgehead atoms. The summed E-state index contributed by atoms with van der Waals surface area (Å²) in [6, 6.07) is 4.81. The fourth-order valence-electron chi connectivity index (χ4n) is 2.83. The van der Waals surface area contributed by atoms with Gasteiger partial charge in [-0.1, -0.05) is 6.42 Å². The third-order valence-corrected chi connectivity index (χ3v) is 5.96. The lowest BCUT2D eigenvalue weighted by Gasteiger charge is -2.26. The Morgan fingerprint density at radius 2 is 1.91 bits per heavy atom. The molecule has 1 saturated heterocycles. The SMILES string of the molecule is Nc1ccc(C(=O)CC2CC2)cc1NS(=O)(=O)N1CCCCC1. The average Bonchev–Trinajstić information content (AvgIpc) is 3.34. The number of rotatable bonds is 6. The molecular formula is C16H23N3O3S. The van der Waals surface area contributed by atoms with E-state index < -0.39 is 10.2 Å². The molecule has 1 heterocycles. The van der Waals surface area contributed by atoms with Crippen molar-refractivity contribution in [2.45, 2.75) is 38.5 Å². The molecular weight excluding hydrogens is 314 g/mol. The number of hydrogen-bond donors (Lipinski definition) is 2. The number of nitrogens with one attached hydrogen (secondary N) is 1. The minimum atomic E-state index is -3.62. The molecule has 0 spiro atoms. The fourth-order valence-corrected chi connectivity index (χ4v) is 4.15. The molecule has 2 fully saturated rings. The van der Waals surface area contributed by atoms with Crippen LogP contribution in [-0.4, -0.2) is 31.6 Å². The van der Waals surface area contributed by atoms with Gasteiger partial charge in [0, 0.05) is 25.1 Å². The molecule has 1 aromatic carbocycles. The van der Waals surface area contributed by atoms with Gasteiger partial charge in [-0.15, -0.1) is 0 Å². The third kappa shape index (κ3) is 4.03. The normalized spacial score (nSPS) is 19.5. The minimum Gasteiger partial charge on any atom is -0.397 e. The van der Waals surface area contributed by atoms with Gasteiger partial charge in [0.15, 0.2) is 5.78 Å². The van der Waals surface area contributed by atoms with E-state index in [9.17, 15) is 13.2 Å². The third-order valence-electron chi connectivity index (χ3n) is 4.44. The van der Waals surface area contributed by atoms with E-state index in [2.05, 4.69) is 4.72 Å². The van der Waals surface area contributed by atoms with Gasteiger partial charge in [-0.2, -0.15) is 12.7 Å². The molecule has 126 valence electrons. The summed E-state index contributed by atoms with van der Waals surface area (Å²) >= 11 is 0. The molecule has 0 unspecified atom stereocenters. The standard InChI is InChI=1S/C16H23N3O3S/c17-14-7-6-13(16(20)10-12-4-5-12)11-15(14)18-23(21,22)19-8-2-1-3-9-19/h6-7,11-12,18H,1-5,8-10,17H2. The predicted molar refractivity (Wildman–Crippen MR) is 90.5 cm³/mol. The molecule has 6 nitrogen and oxygen atoms in total. The smallest absolute Gasteiger partial charge is 0.301 e. The summed E-state index contributed by atoms with van der Waals surface area (Å²) in [5.41, 5.74) is 7.02. The van der Waals surface area contributed by atoms with E-state index in [1.807, 2.05) is 0 Å². The quantitative estimate of drug-likeness (QED) is 0.616. The number of nitrogens with zero attached hydrogens (tertiary/aromatic N) is 1. The summed E-state index contributed by atoms with van der Waals surface area (Å²) in [6.07, 6.45) is 5.54. The van der Waals surface area contributed by atoms with Gasteiger partial charge in [0.1, 0.15) is 0 Å². The summed E-state index contributed by atoms with van der Waals surface area (Å²) in [7, 11) is -3.62. The van der Waals surface area contributed by atoms with Crippen molar-refractivity contribution in [3.63, 3.8) is 0 Å². The summed E-state index contributed by atoms with van der Waals surface area (Å²) < 4.78 is 28.9. The molecule has 0 amide bonds. The number of anilines is 2. The molecule has 3 rings (SSSR count). The number of hydrogen-bond acceptors (Lipinski definition) is 4. The number of carbonyl (C=O) groups excluding carboxylic acids is 1. The van der Waals surface area contributed by atoms with Crippen molar-refractivity contribution < 1.29 is 13.2 Å². The van der Waals surface area contributed by atoms with Gasteiger partial charge in [0.2, 0.25) is 0 Å². The molecule has 3 N–H and O–H groups in total. The maximum Gasteiger partial charge on any atom is 0.301 e. The van der Waals surface area contributed by atoms with E-state index >= 15 is 0 Å². The molecule has 1 aromatic rings. The first-order valence-corrected chi connectivity index (χ1v) is 9.60. The van der Waals surface area contributed by atoms with Crippen LogP contribution in [0, 0.1) is 5.92 Å². The van der Waals surface area contributed by atoms with Crippen LogP contribution >= 0.6 is 0 Å². The maximum absolute atomic E-state index is 12.5. The Morgan fingerprint density at radius 3 is 2.57 bits per heavy atom. The fraction of sp³-hybridized carbons (Fsp3) is 0.562. The second kappa shape index (κ2) is 6.49. The zero-order valence-electron chi connectivity index (χ0n) is 13.1. The number of benzene rings is 1. The van der Waals surface area contributed by atoms with Crippen LogP contribution in [0.15, 0.2) is 18.2 Å². The number of piperidine rings is 1. The van der Waals surface area contributed by atoms with Crippen LogP contribution in [0.5, 0.6) is 0 Å². The highest BCUT2D eigenvalue weighted by Crippen LogP contribution is 2.34. The lowest BCUT2D eigenvalue weighted by Crippen LogP contribution is -2.39. The van der Waals surface area contributed by atoms with Crippen molar-refractivity contribution in [2.24, 2.45) is 5.92 Å². The van der Waals surface area contributed by atoms with Gasteiger partial charge in [0.25, 0.3) is 0 Å². The zero-order chi connectivity index (χ0) is 16.4. The lowest BCUT2D eigenvalue weighted by molar-refractivity contribution is 0.0976. The predicted octanol–water partition coefficient (Wildman–Crippen LogP) is 2.39. The van der Waals surface area contributed by atoms with Crippen molar-refractivity contribution in [2.75, 3.05) is 23.5 Å². The van der Waals surface area contributed by atoms with Gasteiger partial charge in [-0.25, -0.2) is 0 Å². The van der Waals surface area contributed by atoms with Crippen molar-refractivity contribution in [3.05, 3.63) is 23.8 Å². The molecule has 2 aliphatic rings. The summed E-state index contributed by atoms with van der Waals surface area (Å²) in [6.45, 7) is 1.05. The Bertz CT molecular complexity index is 693. The number of ketones is 1. The van der Waals surface area contributed by atoms with Crippen LogP contribution in [-0.2, 0) is 10.2 Å². The Balaban J connectivity index is 1.76. The van der Waals surface area contributed by atoms with Gasteiger partial charge >= 0.3 is 10.2 Å². The first-order valence-electron chi connectivity index (χ1n) is 8.16. The Kier molecular flexibility index (Phi) is 4.59. The van der Waals surface area contributed by atoms with E-state index in [0.29, 0.717) is 36.7 Å². The first kappa shape index (κ1) is 16.3. The van der Waals surface area contributed by atoms with Gasteiger partial charge in [0.05, 0.1) is 11.4 Å². The molecule has 23 heavy (non-hydrogen) atoms. The molecule has 0 atom stereocenters. The molecule has 0 radical (unpaired) electrons. The van der Waals surface area contributed by atoms with E-state index in [1.54, 1.807) is 18.2 Å². The minimum absolute atomic E-state index is 0.0471. The largest absolute Gasteiger partial charge is 0.397 e. The Morgan fingerprint density at radius 1 is 1.22 bits per heavy atom. The number of nitrogens with two attached hydrogens (primary N) is 1. The highest BCUT2D eigenvalue weighted by atomic mass is 32.2. The van der Waals surface area contributed by atoms with Gasteiger partial charge in [-0.3, -0.25) is 9.52 Å². The van der Waals surface area contributed by atoms with Crippen molar-refractivity contribution >= 4 is 27.4 Å². The molecule has 0 aromatic heterocycles. The van der Waals surface area contributed by atoms with Crippen molar-refractivity contribution in [3.8, 4) is 0 Å². The van der Waals surface area contributed by atoms with E-state index in [4.69, 9.17) is 5.73 Å². The van der Waals surface area contributed by atoms with Crippen LogP contribution in [0.1, 0.15) is 48.9 Å². The van der Waals surface area contributed by atoms with Crippen LogP contribution in [0.3, 0.4) is 0 Å². The molecule has 1 saturated carbocycles. The number of carbonyl (C=O) groups is 1. The van der Waals surface area contributed by atoms with E-state index in [0.717, 1.165) is 32.1 Å². The van der Waals surface area contributed by atoms with Crippen LogP contribution in [0.2, 0.25) is 0 Å². The first-order chi connectivity index (χ1) is 11.0. The Hall–Kier alpha value is -1.60. The van der Waals surface area contributed by atoms with Crippen molar-refractivity contribution in [1.29, 1.82) is 0 Å². The van der Waals surface area contributed by atoms with Crippen LogP contribution < -0.4 is 10.5 Å². The van der Waals surface area contributed by atoms with E-state index in [1.165, 1.54) is 4.31 Å². The highest BCUT2D eigenvalue weighted by Gasteiger charge is 2.27. The van der Waals surface area contributed by atoms with Crippen molar-refractivity contribution in [1.82, 2.24) is 4.31 Å².